The number of nitrogens with one attached hydrogen (secondary N) is 3. The van der Waals surface area contributed by atoms with Crippen molar-refractivity contribution in [3.05, 3.63) is 29.8 Å². The summed E-state index contributed by atoms with van der Waals surface area (Å²) in [7, 11) is 1.77. The number of aliphatic imine (C=N–C) groups is 1. The molecular weight excluding hydrogens is 415 g/mol. The maximum Gasteiger partial charge on any atom is 0.226 e. The number of hydrogen-bond donors (Lipinski definition) is 3. The van der Waals surface area contributed by atoms with Crippen molar-refractivity contribution in [1.29, 1.82) is 0 Å². The van der Waals surface area contributed by atoms with Gasteiger partial charge in [-0.05, 0) is 30.0 Å². The molecule has 0 atom stereocenters. The number of anilines is 1. The zero-order chi connectivity index (χ0) is 17.2. The zero-order valence-corrected chi connectivity index (χ0v) is 17.7. The van der Waals surface area contributed by atoms with E-state index in [-0.39, 0.29) is 35.8 Å². The highest BCUT2D eigenvalue weighted by Gasteiger charge is 2.06. The highest BCUT2D eigenvalue weighted by atomic mass is 127. The van der Waals surface area contributed by atoms with Crippen molar-refractivity contribution in [2.45, 2.75) is 40.7 Å². The van der Waals surface area contributed by atoms with Crippen molar-refractivity contribution in [2.24, 2.45) is 16.8 Å². The summed E-state index contributed by atoms with van der Waals surface area (Å²) in [5.74, 6) is 1.50. The molecule has 0 aliphatic carbocycles. The Labute approximate surface area is 163 Å². The van der Waals surface area contributed by atoms with E-state index in [1.807, 2.05) is 38.1 Å². The van der Waals surface area contributed by atoms with Crippen molar-refractivity contribution in [3.63, 3.8) is 0 Å². The number of hydrogen-bond acceptors (Lipinski definition) is 2. The summed E-state index contributed by atoms with van der Waals surface area (Å²) in [4.78, 5) is 15.9. The number of halogens is 1. The van der Waals surface area contributed by atoms with Crippen molar-refractivity contribution in [2.75, 3.05) is 18.9 Å². The van der Waals surface area contributed by atoms with Crippen LogP contribution in [0.5, 0.6) is 0 Å². The van der Waals surface area contributed by atoms with Crippen molar-refractivity contribution in [3.8, 4) is 0 Å². The molecule has 0 unspecified atom stereocenters. The molecule has 0 bridgehead atoms. The Kier molecular flexibility index (Phi) is 11.4. The molecule has 5 nitrogen and oxygen atoms in total. The minimum atomic E-state index is -0.0171. The van der Waals surface area contributed by atoms with Crippen molar-refractivity contribution >= 4 is 41.5 Å². The van der Waals surface area contributed by atoms with Crippen LogP contribution in [0.4, 0.5) is 5.69 Å². The smallest absolute Gasteiger partial charge is 0.226 e. The third-order valence-corrected chi connectivity index (χ3v) is 3.44. The Hall–Kier alpha value is -1.31. The molecule has 6 heteroatoms. The second-order valence-electron chi connectivity index (χ2n) is 6.38. The van der Waals surface area contributed by atoms with Gasteiger partial charge in [0.15, 0.2) is 5.96 Å². The monoisotopic (exact) mass is 446 g/mol. The molecule has 1 aromatic rings. The fourth-order valence-corrected chi connectivity index (χ4v) is 1.88. The van der Waals surface area contributed by atoms with Gasteiger partial charge in [0.05, 0.1) is 0 Å². The van der Waals surface area contributed by atoms with E-state index >= 15 is 0 Å². The molecule has 0 aromatic heterocycles. The third kappa shape index (κ3) is 9.10. The molecule has 136 valence electrons. The standard InChI is InChI=1S/C18H30N4O.HI/c1-13(2)10-11-20-18(19-5)21-12-15-6-8-16(9-7-15)22-17(23)14(3)4;/h6-9,13-14H,10-12H2,1-5H3,(H,22,23)(H2,19,20,21);1H. The van der Waals surface area contributed by atoms with Crippen LogP contribution >= 0.6 is 24.0 Å². The van der Waals surface area contributed by atoms with Crippen LogP contribution in [0, 0.1) is 11.8 Å². The second kappa shape index (κ2) is 12.1. The van der Waals surface area contributed by atoms with Crippen molar-refractivity contribution < 1.29 is 4.79 Å². The van der Waals surface area contributed by atoms with E-state index < -0.39 is 0 Å². The predicted octanol–water partition coefficient (Wildman–Crippen LogP) is 3.61. The summed E-state index contributed by atoms with van der Waals surface area (Å²) in [6, 6.07) is 7.85. The molecule has 0 saturated heterocycles. The Balaban J connectivity index is 0.00000529. The molecule has 1 amide bonds. The normalized spacial score (nSPS) is 11.2. The van der Waals surface area contributed by atoms with E-state index in [0.29, 0.717) is 12.5 Å². The van der Waals surface area contributed by atoms with Gasteiger partial charge in [0, 0.05) is 31.7 Å². The Morgan fingerprint density at radius 1 is 1.08 bits per heavy atom. The van der Waals surface area contributed by atoms with Crippen LogP contribution in [0.2, 0.25) is 0 Å². The minimum Gasteiger partial charge on any atom is -0.356 e. The van der Waals surface area contributed by atoms with Crippen LogP contribution in [0.1, 0.15) is 39.7 Å². The average molecular weight is 446 g/mol. The summed E-state index contributed by atoms with van der Waals surface area (Å²) in [6.45, 7) is 9.78. The number of carbonyl (C=O) groups excluding carboxylic acids is 1. The van der Waals surface area contributed by atoms with Crippen molar-refractivity contribution in [1.82, 2.24) is 10.6 Å². The average Bonchev–Trinajstić information content (AvgIpc) is 2.51. The fraction of sp³-hybridized carbons (Fsp3) is 0.556. The lowest BCUT2D eigenvalue weighted by Gasteiger charge is -2.13. The Morgan fingerprint density at radius 3 is 2.21 bits per heavy atom. The number of nitrogens with zero attached hydrogens (tertiary/aromatic N) is 1. The first-order chi connectivity index (χ1) is 10.9. The maximum atomic E-state index is 11.7. The van der Waals surface area contributed by atoms with Crippen LogP contribution in [-0.2, 0) is 11.3 Å². The molecule has 0 spiro atoms. The first-order valence-corrected chi connectivity index (χ1v) is 8.26. The summed E-state index contributed by atoms with van der Waals surface area (Å²) in [5, 5.41) is 9.48. The van der Waals surface area contributed by atoms with Crippen LogP contribution < -0.4 is 16.0 Å². The minimum absolute atomic E-state index is 0. The topological polar surface area (TPSA) is 65.5 Å². The molecule has 0 saturated carbocycles. The van der Waals surface area contributed by atoms with Gasteiger partial charge in [0.1, 0.15) is 0 Å². The lowest BCUT2D eigenvalue weighted by atomic mass is 10.1. The van der Waals surface area contributed by atoms with E-state index in [1.165, 1.54) is 0 Å². The first-order valence-electron chi connectivity index (χ1n) is 8.26. The van der Waals surface area contributed by atoms with E-state index in [2.05, 4.69) is 34.8 Å². The SMILES string of the molecule is CN=C(NCCC(C)C)NCc1ccc(NC(=O)C(C)C)cc1.I. The Bertz CT molecular complexity index is 512. The molecule has 1 aromatic carbocycles. The van der Waals surface area contributed by atoms with Gasteiger partial charge in [-0.2, -0.15) is 0 Å². The molecule has 24 heavy (non-hydrogen) atoms. The first kappa shape index (κ1) is 22.7. The van der Waals surface area contributed by atoms with Gasteiger partial charge in [-0.1, -0.05) is 39.8 Å². The van der Waals surface area contributed by atoms with Gasteiger partial charge in [0.2, 0.25) is 5.91 Å². The van der Waals surface area contributed by atoms with Crippen LogP contribution in [0.3, 0.4) is 0 Å². The number of guanidine groups is 1. The van der Waals surface area contributed by atoms with Crippen LogP contribution in [0.15, 0.2) is 29.3 Å². The van der Waals surface area contributed by atoms with Gasteiger partial charge in [-0.25, -0.2) is 0 Å². The van der Waals surface area contributed by atoms with E-state index in [4.69, 9.17) is 0 Å². The number of benzene rings is 1. The summed E-state index contributed by atoms with van der Waals surface area (Å²) in [5.41, 5.74) is 1.96. The molecule has 1 rings (SSSR count). The van der Waals surface area contributed by atoms with E-state index in [1.54, 1.807) is 7.05 Å². The number of rotatable bonds is 7. The fourth-order valence-electron chi connectivity index (χ4n) is 1.88. The number of amides is 1. The highest BCUT2D eigenvalue weighted by Crippen LogP contribution is 2.10. The molecule has 3 N–H and O–H groups in total. The van der Waals surface area contributed by atoms with Crippen LogP contribution in [0.25, 0.3) is 0 Å². The predicted molar refractivity (Wildman–Crippen MR) is 113 cm³/mol. The summed E-state index contributed by atoms with van der Waals surface area (Å²) in [6.07, 6.45) is 1.12. The molecule has 0 radical (unpaired) electrons. The maximum absolute atomic E-state index is 11.7. The van der Waals surface area contributed by atoms with Gasteiger partial charge < -0.3 is 16.0 Å². The Morgan fingerprint density at radius 2 is 1.71 bits per heavy atom. The lowest BCUT2D eigenvalue weighted by molar-refractivity contribution is -0.118. The molecule has 0 fully saturated rings. The van der Waals surface area contributed by atoms with Crippen LogP contribution in [-0.4, -0.2) is 25.5 Å². The third-order valence-electron chi connectivity index (χ3n) is 3.44. The van der Waals surface area contributed by atoms with E-state index in [9.17, 15) is 4.79 Å². The largest absolute Gasteiger partial charge is 0.356 e. The summed E-state index contributed by atoms with van der Waals surface area (Å²) >= 11 is 0. The quantitative estimate of drug-likeness (QED) is 0.341. The molecule has 0 aliphatic heterocycles. The second-order valence-corrected chi connectivity index (χ2v) is 6.38. The van der Waals surface area contributed by atoms with Gasteiger partial charge in [-0.3, -0.25) is 9.79 Å². The lowest BCUT2D eigenvalue weighted by Crippen LogP contribution is -2.37. The van der Waals surface area contributed by atoms with E-state index in [0.717, 1.165) is 30.2 Å². The molecular formula is C18H31IN4O. The van der Waals surface area contributed by atoms with Gasteiger partial charge >= 0.3 is 0 Å². The number of carbonyl (C=O) groups is 1. The zero-order valence-electron chi connectivity index (χ0n) is 15.3. The van der Waals surface area contributed by atoms with Gasteiger partial charge in [-0.15, -0.1) is 24.0 Å². The molecule has 0 heterocycles. The summed E-state index contributed by atoms with van der Waals surface area (Å²) < 4.78 is 0. The highest BCUT2D eigenvalue weighted by molar-refractivity contribution is 14.0. The molecule has 0 aliphatic rings. The van der Waals surface area contributed by atoms with Gasteiger partial charge in [0.25, 0.3) is 0 Å².